The molecule has 4 nitrogen and oxygen atoms in total. The first-order valence-corrected chi connectivity index (χ1v) is 14.8. The van der Waals surface area contributed by atoms with Crippen LogP contribution in [0.3, 0.4) is 0 Å². The number of piperazine rings is 1. The minimum atomic E-state index is -2.94. The number of nitrogens with one attached hydrogen (secondary N) is 1. The Labute approximate surface area is 212 Å². The van der Waals surface area contributed by atoms with Gasteiger partial charge < -0.3 is 14.8 Å². The van der Waals surface area contributed by atoms with Gasteiger partial charge in [0, 0.05) is 32.2 Å². The topological polar surface area (TPSA) is 44.7 Å². The van der Waals surface area contributed by atoms with E-state index in [1.54, 1.807) is 7.11 Å². The van der Waals surface area contributed by atoms with E-state index < -0.39 is 8.32 Å². The fourth-order valence-electron chi connectivity index (χ4n) is 5.53. The Morgan fingerprint density at radius 2 is 1.54 bits per heavy atom. The van der Waals surface area contributed by atoms with E-state index in [4.69, 9.17) is 4.74 Å². The summed E-state index contributed by atoms with van der Waals surface area (Å²) in [5.41, 5.74) is 1.33. The minimum absolute atomic E-state index is 0.196. The van der Waals surface area contributed by atoms with Crippen molar-refractivity contribution < 1.29 is 9.53 Å². The second-order valence-electron chi connectivity index (χ2n) is 10.4. The maximum atomic E-state index is 12.4. The third-order valence-corrected chi connectivity index (χ3v) is 12.3. The molecule has 0 aromatic heterocycles. The third kappa shape index (κ3) is 5.87. The molecule has 186 valence electrons. The Hall–Kier alpha value is -2.44. The zero-order valence-electron chi connectivity index (χ0n) is 21.4. The molecule has 0 aliphatic carbocycles. The van der Waals surface area contributed by atoms with Crippen LogP contribution in [-0.2, 0) is 6.54 Å². The summed E-state index contributed by atoms with van der Waals surface area (Å²) < 4.78 is 5.32. The molecule has 0 spiro atoms. The molecule has 5 heteroatoms. The van der Waals surface area contributed by atoms with Crippen LogP contribution in [0.5, 0.6) is 5.75 Å². The number of nitrogens with zero attached hydrogens (tertiary/aromatic N) is 1. The van der Waals surface area contributed by atoms with E-state index in [2.05, 4.69) is 84.7 Å². The summed E-state index contributed by atoms with van der Waals surface area (Å²) in [5, 5.41) is 5.59. The SMILES string of the molecule is COc1ccc(CN2CCNCC2CCCC(C)(C)[Si](O)(c2ccccc2)c2ccccc2)cc1. The van der Waals surface area contributed by atoms with Crippen molar-refractivity contribution in [1.29, 1.82) is 0 Å². The molecule has 0 saturated carbocycles. The largest absolute Gasteiger partial charge is 0.497 e. The van der Waals surface area contributed by atoms with Gasteiger partial charge in [0.05, 0.1) is 7.11 Å². The molecule has 1 aliphatic rings. The number of benzene rings is 3. The molecule has 1 aliphatic heterocycles. The number of ether oxygens (including phenoxy) is 1. The summed E-state index contributed by atoms with van der Waals surface area (Å²) in [6.07, 6.45) is 3.21. The summed E-state index contributed by atoms with van der Waals surface area (Å²) >= 11 is 0. The summed E-state index contributed by atoms with van der Waals surface area (Å²) in [6, 6.07) is 29.7. The lowest BCUT2D eigenvalue weighted by molar-refractivity contribution is 0.141. The van der Waals surface area contributed by atoms with Crippen molar-refractivity contribution in [1.82, 2.24) is 10.2 Å². The van der Waals surface area contributed by atoms with Crippen molar-refractivity contribution in [3.8, 4) is 5.75 Å². The molecular weight excluding hydrogens is 448 g/mol. The van der Waals surface area contributed by atoms with Crippen LogP contribution in [0, 0.1) is 0 Å². The van der Waals surface area contributed by atoms with Crippen LogP contribution in [0.4, 0.5) is 0 Å². The molecular formula is C30H40N2O2Si. The molecule has 0 amide bonds. The molecule has 4 rings (SSSR count). The van der Waals surface area contributed by atoms with Crippen molar-refractivity contribution in [2.24, 2.45) is 0 Å². The summed E-state index contributed by atoms with van der Waals surface area (Å²) in [4.78, 5) is 15.0. The zero-order chi connectivity index (χ0) is 24.7. The lowest BCUT2D eigenvalue weighted by Crippen LogP contribution is -2.65. The van der Waals surface area contributed by atoms with E-state index in [0.29, 0.717) is 6.04 Å². The molecule has 1 heterocycles. The first-order chi connectivity index (χ1) is 16.9. The standard InChI is InChI=1S/C30H40N2O2Si/c1-30(2,35(33,28-12-6-4-7-13-28)29-14-8-5-9-15-29)20-10-11-26-23-31-21-22-32(26)24-25-16-18-27(34-3)19-17-25/h4-9,12-19,26,31,33H,10-11,20-24H2,1-3H3. The van der Waals surface area contributed by atoms with E-state index in [1.807, 2.05) is 24.3 Å². The predicted octanol–water partition coefficient (Wildman–Crippen LogP) is 4.17. The maximum Gasteiger partial charge on any atom is 0.258 e. The van der Waals surface area contributed by atoms with Crippen molar-refractivity contribution in [3.05, 3.63) is 90.5 Å². The Bertz CT molecular complexity index is 1000. The van der Waals surface area contributed by atoms with Gasteiger partial charge in [-0.3, -0.25) is 4.90 Å². The lowest BCUT2D eigenvalue weighted by Gasteiger charge is -2.42. The van der Waals surface area contributed by atoms with Crippen LogP contribution in [0.1, 0.15) is 38.7 Å². The molecule has 3 aromatic carbocycles. The first-order valence-electron chi connectivity index (χ1n) is 12.9. The van der Waals surface area contributed by atoms with Gasteiger partial charge in [0.25, 0.3) is 8.32 Å². The van der Waals surface area contributed by atoms with Gasteiger partial charge in [-0.1, -0.05) is 93.1 Å². The van der Waals surface area contributed by atoms with Crippen molar-refractivity contribution in [2.45, 2.75) is 50.7 Å². The van der Waals surface area contributed by atoms with Crippen molar-refractivity contribution in [2.75, 3.05) is 26.7 Å². The molecule has 3 aromatic rings. The molecule has 1 fully saturated rings. The van der Waals surface area contributed by atoms with Gasteiger partial charge in [-0.05, 0) is 45.9 Å². The van der Waals surface area contributed by atoms with Gasteiger partial charge in [-0.25, -0.2) is 0 Å². The fourth-order valence-corrected chi connectivity index (χ4v) is 9.31. The van der Waals surface area contributed by atoms with Crippen LogP contribution >= 0.6 is 0 Å². The van der Waals surface area contributed by atoms with Gasteiger partial charge in [0.2, 0.25) is 0 Å². The predicted molar refractivity (Wildman–Crippen MR) is 148 cm³/mol. The van der Waals surface area contributed by atoms with Gasteiger partial charge in [-0.15, -0.1) is 0 Å². The Balaban J connectivity index is 1.45. The van der Waals surface area contributed by atoms with E-state index in [-0.39, 0.29) is 5.04 Å². The highest BCUT2D eigenvalue weighted by atomic mass is 28.4. The van der Waals surface area contributed by atoms with E-state index >= 15 is 0 Å². The maximum absolute atomic E-state index is 12.4. The molecule has 1 atom stereocenters. The average molecular weight is 489 g/mol. The van der Waals surface area contributed by atoms with Gasteiger partial charge >= 0.3 is 0 Å². The normalized spacial score (nSPS) is 17.3. The lowest BCUT2D eigenvalue weighted by atomic mass is 9.99. The molecule has 35 heavy (non-hydrogen) atoms. The van der Waals surface area contributed by atoms with Crippen LogP contribution in [0.25, 0.3) is 0 Å². The highest BCUT2D eigenvalue weighted by molar-refractivity contribution is 6.98. The van der Waals surface area contributed by atoms with E-state index in [1.165, 1.54) is 5.56 Å². The van der Waals surface area contributed by atoms with Gasteiger partial charge in [0.1, 0.15) is 5.75 Å². The van der Waals surface area contributed by atoms with Crippen LogP contribution < -0.4 is 20.4 Å². The number of rotatable bonds is 10. The molecule has 0 bridgehead atoms. The fraction of sp³-hybridized carbons (Fsp3) is 0.400. The molecule has 1 unspecified atom stereocenters. The number of methoxy groups -OCH3 is 1. The molecule has 2 N–H and O–H groups in total. The quantitative estimate of drug-likeness (QED) is 0.421. The minimum Gasteiger partial charge on any atom is -0.497 e. The second-order valence-corrected chi connectivity index (χ2v) is 14.3. The van der Waals surface area contributed by atoms with Gasteiger partial charge in [0.15, 0.2) is 0 Å². The van der Waals surface area contributed by atoms with E-state index in [0.717, 1.165) is 61.6 Å². The molecule has 0 radical (unpaired) electrons. The third-order valence-electron chi connectivity index (χ3n) is 7.72. The Morgan fingerprint density at radius 3 is 2.11 bits per heavy atom. The van der Waals surface area contributed by atoms with Crippen LogP contribution in [-0.4, -0.2) is 50.8 Å². The number of hydrogen-bond donors (Lipinski definition) is 2. The van der Waals surface area contributed by atoms with Crippen LogP contribution in [0.15, 0.2) is 84.9 Å². The monoisotopic (exact) mass is 488 g/mol. The van der Waals surface area contributed by atoms with Crippen molar-refractivity contribution in [3.63, 3.8) is 0 Å². The summed E-state index contributed by atoms with van der Waals surface area (Å²) in [7, 11) is -1.23. The van der Waals surface area contributed by atoms with Crippen LogP contribution in [0.2, 0.25) is 5.04 Å². The summed E-state index contributed by atoms with van der Waals surface area (Å²) in [5.74, 6) is 0.904. The first kappa shape index (κ1) is 25.6. The Kier molecular flexibility index (Phi) is 8.45. The molecule has 1 saturated heterocycles. The second kappa shape index (κ2) is 11.5. The number of hydrogen-bond acceptors (Lipinski definition) is 4. The van der Waals surface area contributed by atoms with Crippen molar-refractivity contribution >= 4 is 18.7 Å². The highest BCUT2D eigenvalue weighted by Crippen LogP contribution is 2.40. The smallest absolute Gasteiger partial charge is 0.258 e. The van der Waals surface area contributed by atoms with E-state index in [9.17, 15) is 4.80 Å². The average Bonchev–Trinajstić information content (AvgIpc) is 2.90. The zero-order valence-corrected chi connectivity index (χ0v) is 22.4. The van der Waals surface area contributed by atoms with Gasteiger partial charge in [-0.2, -0.15) is 0 Å². The summed E-state index contributed by atoms with van der Waals surface area (Å²) in [6.45, 7) is 8.63. The Morgan fingerprint density at radius 1 is 0.943 bits per heavy atom. The highest BCUT2D eigenvalue weighted by Gasteiger charge is 2.49.